The minimum atomic E-state index is 0.541. The number of ether oxygens (including phenoxy) is 1. The highest BCUT2D eigenvalue weighted by atomic mass is 16.5. The standard InChI is InChI=1S/C13H11NO2/c1-2-16-12-8-7-10-5-3-4-6-11(10)13(12)14-9-15/h3-8H,2H2,1H3. The molecule has 0 unspecified atom stereocenters. The highest BCUT2D eigenvalue weighted by Gasteiger charge is 2.07. The van der Waals surface area contributed by atoms with Gasteiger partial charge >= 0.3 is 0 Å². The van der Waals surface area contributed by atoms with Gasteiger partial charge in [0, 0.05) is 5.39 Å². The summed E-state index contributed by atoms with van der Waals surface area (Å²) >= 11 is 0. The molecule has 0 saturated heterocycles. The van der Waals surface area contributed by atoms with Crippen LogP contribution >= 0.6 is 0 Å². The van der Waals surface area contributed by atoms with Gasteiger partial charge in [-0.2, -0.15) is 4.99 Å². The molecule has 0 aliphatic carbocycles. The molecule has 0 aliphatic rings. The molecule has 2 aromatic carbocycles. The van der Waals surface area contributed by atoms with Crippen molar-refractivity contribution in [3.05, 3.63) is 36.4 Å². The molecule has 0 amide bonds. The van der Waals surface area contributed by atoms with Crippen molar-refractivity contribution in [3.63, 3.8) is 0 Å². The summed E-state index contributed by atoms with van der Waals surface area (Å²) in [5, 5.41) is 1.93. The van der Waals surface area contributed by atoms with Crippen LogP contribution in [-0.4, -0.2) is 12.7 Å². The molecule has 2 aromatic rings. The van der Waals surface area contributed by atoms with Crippen molar-refractivity contribution in [2.45, 2.75) is 6.92 Å². The number of hydrogen-bond donors (Lipinski definition) is 0. The smallest absolute Gasteiger partial charge is 0.240 e. The van der Waals surface area contributed by atoms with E-state index < -0.39 is 0 Å². The van der Waals surface area contributed by atoms with E-state index in [1.807, 2.05) is 43.3 Å². The van der Waals surface area contributed by atoms with Crippen LogP contribution in [0.4, 0.5) is 5.69 Å². The Bertz CT molecular complexity index is 557. The third-order valence-corrected chi connectivity index (χ3v) is 2.32. The molecule has 0 fully saturated rings. The molecular formula is C13H11NO2. The molecule has 3 nitrogen and oxygen atoms in total. The summed E-state index contributed by atoms with van der Waals surface area (Å²) in [6, 6.07) is 11.5. The van der Waals surface area contributed by atoms with E-state index in [2.05, 4.69) is 4.99 Å². The summed E-state index contributed by atoms with van der Waals surface area (Å²) < 4.78 is 5.43. The van der Waals surface area contributed by atoms with Crippen molar-refractivity contribution in [1.29, 1.82) is 0 Å². The molecule has 0 bridgehead atoms. The van der Waals surface area contributed by atoms with Gasteiger partial charge < -0.3 is 4.74 Å². The minimum Gasteiger partial charge on any atom is -0.492 e. The molecule has 0 N–H and O–H groups in total. The van der Waals surface area contributed by atoms with Gasteiger partial charge in [-0.15, -0.1) is 0 Å². The van der Waals surface area contributed by atoms with Gasteiger partial charge in [-0.05, 0) is 18.4 Å². The van der Waals surface area contributed by atoms with Crippen LogP contribution in [-0.2, 0) is 4.79 Å². The molecule has 16 heavy (non-hydrogen) atoms. The summed E-state index contributed by atoms with van der Waals surface area (Å²) in [4.78, 5) is 14.2. The number of benzene rings is 2. The second kappa shape index (κ2) is 4.60. The monoisotopic (exact) mass is 213 g/mol. The fourth-order valence-corrected chi connectivity index (χ4v) is 1.67. The van der Waals surface area contributed by atoms with Crippen LogP contribution in [0, 0.1) is 0 Å². The average Bonchev–Trinajstić information content (AvgIpc) is 2.32. The Labute approximate surface area is 93.4 Å². The van der Waals surface area contributed by atoms with E-state index in [4.69, 9.17) is 4.74 Å². The van der Waals surface area contributed by atoms with E-state index in [-0.39, 0.29) is 0 Å². The molecule has 0 aromatic heterocycles. The number of aliphatic imine (C=N–C) groups is 1. The Morgan fingerprint density at radius 1 is 1.25 bits per heavy atom. The Kier molecular flexibility index (Phi) is 2.99. The highest BCUT2D eigenvalue weighted by molar-refractivity contribution is 5.96. The van der Waals surface area contributed by atoms with Crippen LogP contribution in [0.5, 0.6) is 5.75 Å². The van der Waals surface area contributed by atoms with Crippen LogP contribution in [0.1, 0.15) is 6.92 Å². The minimum absolute atomic E-state index is 0.541. The lowest BCUT2D eigenvalue weighted by Crippen LogP contribution is -1.91. The maximum atomic E-state index is 10.4. The second-order valence-corrected chi connectivity index (χ2v) is 3.27. The SMILES string of the molecule is CCOc1ccc2ccccc2c1N=C=O. The van der Waals surface area contributed by atoms with Crippen molar-refractivity contribution >= 4 is 22.5 Å². The zero-order valence-corrected chi connectivity index (χ0v) is 8.93. The number of isocyanates is 1. The first-order valence-electron chi connectivity index (χ1n) is 5.09. The lowest BCUT2D eigenvalue weighted by Gasteiger charge is -2.08. The molecule has 3 heteroatoms. The Hall–Kier alpha value is -2.12. The van der Waals surface area contributed by atoms with Gasteiger partial charge in [0.25, 0.3) is 0 Å². The first-order valence-corrected chi connectivity index (χ1v) is 5.09. The lowest BCUT2D eigenvalue weighted by atomic mass is 10.1. The summed E-state index contributed by atoms with van der Waals surface area (Å²) in [6.07, 6.45) is 1.57. The zero-order valence-electron chi connectivity index (χ0n) is 8.93. The van der Waals surface area contributed by atoms with Gasteiger partial charge in [-0.25, -0.2) is 4.79 Å². The third kappa shape index (κ3) is 1.81. The van der Waals surface area contributed by atoms with E-state index in [0.29, 0.717) is 18.0 Å². The molecule has 0 radical (unpaired) electrons. The van der Waals surface area contributed by atoms with Crippen molar-refractivity contribution in [1.82, 2.24) is 0 Å². The first-order chi connectivity index (χ1) is 7.86. The molecule has 0 atom stereocenters. The zero-order chi connectivity index (χ0) is 11.4. The molecule has 0 spiro atoms. The predicted octanol–water partition coefficient (Wildman–Crippen LogP) is 3.21. The van der Waals surface area contributed by atoms with Gasteiger partial charge in [0.05, 0.1) is 6.61 Å². The fourth-order valence-electron chi connectivity index (χ4n) is 1.67. The summed E-state index contributed by atoms with van der Waals surface area (Å²) in [5.74, 6) is 0.615. The Morgan fingerprint density at radius 3 is 2.81 bits per heavy atom. The number of hydrogen-bond acceptors (Lipinski definition) is 3. The van der Waals surface area contributed by atoms with Crippen molar-refractivity contribution in [3.8, 4) is 5.75 Å². The molecule has 2 rings (SSSR count). The Morgan fingerprint density at radius 2 is 2.06 bits per heavy atom. The van der Waals surface area contributed by atoms with E-state index >= 15 is 0 Å². The molecule has 0 saturated carbocycles. The second-order valence-electron chi connectivity index (χ2n) is 3.27. The molecule has 80 valence electrons. The topological polar surface area (TPSA) is 38.7 Å². The largest absolute Gasteiger partial charge is 0.492 e. The van der Waals surface area contributed by atoms with Crippen molar-refractivity contribution in [2.24, 2.45) is 4.99 Å². The van der Waals surface area contributed by atoms with Gasteiger partial charge in [-0.3, -0.25) is 0 Å². The Balaban J connectivity index is 2.73. The highest BCUT2D eigenvalue weighted by Crippen LogP contribution is 2.35. The number of fused-ring (bicyclic) bond motifs is 1. The van der Waals surface area contributed by atoms with Crippen LogP contribution < -0.4 is 4.74 Å². The predicted molar refractivity (Wildman–Crippen MR) is 62.9 cm³/mol. The number of rotatable bonds is 3. The summed E-state index contributed by atoms with van der Waals surface area (Å²) in [6.45, 7) is 2.43. The van der Waals surface area contributed by atoms with Crippen LogP contribution in [0.3, 0.4) is 0 Å². The van der Waals surface area contributed by atoms with Crippen LogP contribution in [0.2, 0.25) is 0 Å². The van der Waals surface area contributed by atoms with Gasteiger partial charge in [0.15, 0.2) is 0 Å². The van der Waals surface area contributed by atoms with Crippen LogP contribution in [0.15, 0.2) is 41.4 Å². The lowest BCUT2D eigenvalue weighted by molar-refractivity contribution is 0.342. The third-order valence-electron chi connectivity index (χ3n) is 2.32. The van der Waals surface area contributed by atoms with Gasteiger partial charge in [0.2, 0.25) is 6.08 Å². The first kappa shape index (κ1) is 10.4. The van der Waals surface area contributed by atoms with E-state index in [1.54, 1.807) is 6.08 Å². The maximum absolute atomic E-state index is 10.4. The summed E-state index contributed by atoms with van der Waals surface area (Å²) in [7, 11) is 0. The molecular weight excluding hydrogens is 202 g/mol. The summed E-state index contributed by atoms with van der Waals surface area (Å²) in [5.41, 5.74) is 0.551. The quantitative estimate of drug-likeness (QED) is 0.580. The number of carbonyl (C=O) groups excluding carboxylic acids is 1. The van der Waals surface area contributed by atoms with Crippen LogP contribution in [0.25, 0.3) is 10.8 Å². The average molecular weight is 213 g/mol. The normalized spacial score (nSPS) is 9.81. The van der Waals surface area contributed by atoms with Crippen molar-refractivity contribution < 1.29 is 9.53 Å². The fraction of sp³-hybridized carbons (Fsp3) is 0.154. The molecule has 0 aliphatic heterocycles. The van der Waals surface area contributed by atoms with E-state index in [0.717, 1.165) is 10.8 Å². The van der Waals surface area contributed by atoms with Crippen molar-refractivity contribution in [2.75, 3.05) is 6.61 Å². The maximum Gasteiger partial charge on any atom is 0.240 e. The number of nitrogens with zero attached hydrogens (tertiary/aromatic N) is 1. The van der Waals surface area contributed by atoms with Gasteiger partial charge in [0.1, 0.15) is 11.4 Å². The molecule has 0 heterocycles. The van der Waals surface area contributed by atoms with E-state index in [9.17, 15) is 4.79 Å². The van der Waals surface area contributed by atoms with Gasteiger partial charge in [-0.1, -0.05) is 30.3 Å². The van der Waals surface area contributed by atoms with E-state index in [1.165, 1.54) is 0 Å².